The third kappa shape index (κ3) is 3.96. The monoisotopic (exact) mass is 376 g/mol. The third-order valence-electron chi connectivity index (χ3n) is 4.08. The average Bonchev–Trinajstić information content (AvgIpc) is 3.20. The number of esters is 1. The molecule has 0 fully saturated rings. The normalized spacial score (nSPS) is 11.7. The number of Topliss-reactive ketones (excluding diaryl/α,β-unsaturated/α-hetero) is 1. The fraction of sp³-hybridized carbons (Fsp3) is 0.0909. The van der Waals surface area contributed by atoms with Crippen molar-refractivity contribution in [2.75, 3.05) is 13.4 Å². The standard InChI is InChI=1S/C22H16O6/c23-19(15-9-10-20-21(12-15)27-14-26-20)13-25-22(24)16-5-4-8-18(11-16)28-17-6-2-1-3-7-17/h1-12H,13-14H2. The summed E-state index contributed by atoms with van der Waals surface area (Å²) < 4.78 is 21.3. The molecule has 3 aromatic rings. The van der Waals surface area contributed by atoms with Gasteiger partial charge >= 0.3 is 5.97 Å². The van der Waals surface area contributed by atoms with Crippen LogP contribution in [0.2, 0.25) is 0 Å². The molecule has 0 aliphatic carbocycles. The van der Waals surface area contributed by atoms with Gasteiger partial charge in [-0.2, -0.15) is 0 Å². The largest absolute Gasteiger partial charge is 0.457 e. The smallest absolute Gasteiger partial charge is 0.338 e. The summed E-state index contributed by atoms with van der Waals surface area (Å²) in [5, 5.41) is 0. The van der Waals surface area contributed by atoms with Crippen LogP contribution in [-0.4, -0.2) is 25.2 Å². The maximum absolute atomic E-state index is 12.3. The lowest BCUT2D eigenvalue weighted by molar-refractivity contribution is 0.0474. The number of hydrogen-bond acceptors (Lipinski definition) is 6. The highest BCUT2D eigenvalue weighted by Crippen LogP contribution is 2.32. The second-order valence-electron chi connectivity index (χ2n) is 6.01. The Labute approximate surface area is 161 Å². The Morgan fingerprint density at radius 3 is 2.43 bits per heavy atom. The van der Waals surface area contributed by atoms with Crippen molar-refractivity contribution in [3.05, 3.63) is 83.9 Å². The van der Waals surface area contributed by atoms with E-state index in [2.05, 4.69) is 0 Å². The quantitative estimate of drug-likeness (QED) is 0.473. The van der Waals surface area contributed by atoms with Crippen molar-refractivity contribution in [1.82, 2.24) is 0 Å². The Balaban J connectivity index is 1.38. The van der Waals surface area contributed by atoms with E-state index in [1.807, 2.05) is 30.3 Å². The van der Waals surface area contributed by atoms with Crippen LogP contribution in [0.15, 0.2) is 72.8 Å². The zero-order valence-corrected chi connectivity index (χ0v) is 14.8. The Morgan fingerprint density at radius 2 is 1.57 bits per heavy atom. The number of carbonyl (C=O) groups is 2. The van der Waals surface area contributed by atoms with E-state index in [0.29, 0.717) is 34.1 Å². The molecule has 0 amide bonds. The molecule has 0 spiro atoms. The van der Waals surface area contributed by atoms with Crippen molar-refractivity contribution < 1.29 is 28.5 Å². The summed E-state index contributed by atoms with van der Waals surface area (Å²) in [6.07, 6.45) is 0. The van der Waals surface area contributed by atoms with Crippen LogP contribution < -0.4 is 14.2 Å². The van der Waals surface area contributed by atoms with Gasteiger partial charge in [-0.3, -0.25) is 4.79 Å². The lowest BCUT2D eigenvalue weighted by Gasteiger charge is -2.08. The fourth-order valence-corrected chi connectivity index (χ4v) is 2.68. The topological polar surface area (TPSA) is 71.1 Å². The summed E-state index contributed by atoms with van der Waals surface area (Å²) >= 11 is 0. The molecule has 0 atom stereocenters. The van der Waals surface area contributed by atoms with Gasteiger partial charge in [0.15, 0.2) is 23.9 Å². The van der Waals surface area contributed by atoms with Crippen LogP contribution in [0.3, 0.4) is 0 Å². The van der Waals surface area contributed by atoms with Gasteiger partial charge in [0.05, 0.1) is 5.56 Å². The highest BCUT2D eigenvalue weighted by molar-refractivity contribution is 5.99. The first-order chi connectivity index (χ1) is 13.7. The van der Waals surface area contributed by atoms with E-state index in [1.54, 1.807) is 42.5 Å². The molecule has 0 unspecified atom stereocenters. The molecule has 0 saturated heterocycles. The van der Waals surface area contributed by atoms with E-state index >= 15 is 0 Å². The van der Waals surface area contributed by atoms with Gasteiger partial charge in [0, 0.05) is 5.56 Å². The Hall–Kier alpha value is -3.80. The van der Waals surface area contributed by atoms with Crippen molar-refractivity contribution in [3.8, 4) is 23.0 Å². The van der Waals surface area contributed by atoms with Gasteiger partial charge in [0.1, 0.15) is 11.5 Å². The summed E-state index contributed by atoms with van der Waals surface area (Å²) in [7, 11) is 0. The lowest BCUT2D eigenvalue weighted by Crippen LogP contribution is -2.14. The summed E-state index contributed by atoms with van der Waals surface area (Å²) in [4.78, 5) is 24.6. The highest BCUT2D eigenvalue weighted by Gasteiger charge is 2.18. The number of rotatable bonds is 6. The van der Waals surface area contributed by atoms with Crippen LogP contribution in [0.1, 0.15) is 20.7 Å². The minimum Gasteiger partial charge on any atom is -0.457 e. The number of benzene rings is 3. The first-order valence-electron chi connectivity index (χ1n) is 8.62. The fourth-order valence-electron chi connectivity index (χ4n) is 2.68. The molecule has 0 N–H and O–H groups in total. The molecule has 3 aromatic carbocycles. The van der Waals surface area contributed by atoms with Gasteiger partial charge in [-0.15, -0.1) is 0 Å². The summed E-state index contributed by atoms with van der Waals surface area (Å²) in [6, 6.07) is 20.7. The SMILES string of the molecule is O=C(COC(=O)c1cccc(Oc2ccccc2)c1)c1ccc2c(c1)OCO2. The van der Waals surface area contributed by atoms with Crippen LogP contribution >= 0.6 is 0 Å². The maximum atomic E-state index is 12.3. The van der Waals surface area contributed by atoms with Gasteiger partial charge in [0.2, 0.25) is 6.79 Å². The third-order valence-corrected chi connectivity index (χ3v) is 4.08. The second kappa shape index (κ2) is 7.84. The highest BCUT2D eigenvalue weighted by atomic mass is 16.7. The van der Waals surface area contributed by atoms with E-state index < -0.39 is 5.97 Å². The number of ether oxygens (including phenoxy) is 4. The Bertz CT molecular complexity index is 1010. The van der Waals surface area contributed by atoms with Crippen LogP contribution in [0.25, 0.3) is 0 Å². The number of para-hydroxylation sites is 1. The van der Waals surface area contributed by atoms with E-state index in [9.17, 15) is 9.59 Å². The first kappa shape index (κ1) is 17.6. The summed E-state index contributed by atoms with van der Waals surface area (Å²) in [6.45, 7) is -0.244. The Morgan fingerprint density at radius 1 is 0.786 bits per heavy atom. The van der Waals surface area contributed by atoms with Gasteiger partial charge in [0.25, 0.3) is 0 Å². The zero-order valence-electron chi connectivity index (χ0n) is 14.8. The maximum Gasteiger partial charge on any atom is 0.338 e. The van der Waals surface area contributed by atoms with Crippen molar-refractivity contribution in [2.45, 2.75) is 0 Å². The minimum absolute atomic E-state index is 0.128. The average molecular weight is 376 g/mol. The first-order valence-corrected chi connectivity index (χ1v) is 8.62. The lowest BCUT2D eigenvalue weighted by atomic mass is 10.1. The predicted molar refractivity (Wildman–Crippen MR) is 100 cm³/mol. The number of hydrogen-bond donors (Lipinski definition) is 0. The number of fused-ring (bicyclic) bond motifs is 1. The molecule has 1 aliphatic rings. The molecule has 6 heteroatoms. The molecule has 140 valence electrons. The second-order valence-corrected chi connectivity index (χ2v) is 6.01. The van der Waals surface area contributed by atoms with Gasteiger partial charge in [-0.1, -0.05) is 24.3 Å². The van der Waals surface area contributed by atoms with E-state index in [1.165, 1.54) is 0 Å². The number of carbonyl (C=O) groups excluding carboxylic acids is 2. The molecule has 1 heterocycles. The van der Waals surface area contributed by atoms with Crippen LogP contribution in [0, 0.1) is 0 Å². The van der Waals surface area contributed by atoms with Crippen molar-refractivity contribution in [2.24, 2.45) is 0 Å². The molecule has 4 rings (SSSR count). The molecule has 1 aliphatic heterocycles. The van der Waals surface area contributed by atoms with Crippen LogP contribution in [-0.2, 0) is 4.74 Å². The van der Waals surface area contributed by atoms with E-state index in [0.717, 1.165) is 0 Å². The van der Waals surface area contributed by atoms with Gasteiger partial charge in [-0.05, 0) is 48.5 Å². The summed E-state index contributed by atoms with van der Waals surface area (Å²) in [5.74, 6) is 1.32. The Kier molecular flexibility index (Phi) is 4.93. The summed E-state index contributed by atoms with van der Waals surface area (Å²) in [5.41, 5.74) is 0.685. The predicted octanol–water partition coefficient (Wildman–Crippen LogP) is 4.25. The number of ketones is 1. The molecule has 0 bridgehead atoms. The van der Waals surface area contributed by atoms with Crippen LogP contribution in [0.5, 0.6) is 23.0 Å². The van der Waals surface area contributed by atoms with Crippen molar-refractivity contribution in [3.63, 3.8) is 0 Å². The molecular weight excluding hydrogens is 360 g/mol. The van der Waals surface area contributed by atoms with Crippen LogP contribution in [0.4, 0.5) is 0 Å². The molecular formula is C22H16O6. The van der Waals surface area contributed by atoms with E-state index in [-0.39, 0.29) is 19.2 Å². The molecule has 0 aromatic heterocycles. The molecule has 6 nitrogen and oxygen atoms in total. The molecule has 0 saturated carbocycles. The van der Waals surface area contributed by atoms with E-state index in [4.69, 9.17) is 18.9 Å². The zero-order chi connectivity index (χ0) is 19.3. The van der Waals surface area contributed by atoms with Gasteiger partial charge < -0.3 is 18.9 Å². The minimum atomic E-state index is -0.604. The van der Waals surface area contributed by atoms with Crippen molar-refractivity contribution >= 4 is 11.8 Å². The van der Waals surface area contributed by atoms with Crippen molar-refractivity contribution in [1.29, 1.82) is 0 Å². The van der Waals surface area contributed by atoms with Gasteiger partial charge in [-0.25, -0.2) is 4.79 Å². The molecule has 0 radical (unpaired) electrons. The molecule has 28 heavy (non-hydrogen) atoms.